The topological polar surface area (TPSA) is 75.4 Å². The van der Waals surface area contributed by atoms with Crippen molar-refractivity contribution in [1.82, 2.24) is 5.32 Å². The minimum absolute atomic E-state index is 0.0290. The first-order valence-corrected chi connectivity index (χ1v) is 8.71. The summed E-state index contributed by atoms with van der Waals surface area (Å²) >= 11 is 0. The molecule has 0 aromatic carbocycles. The Morgan fingerprint density at radius 2 is 1.48 bits per heavy atom. The maximum atomic E-state index is 12.3. The maximum absolute atomic E-state index is 12.3. The highest BCUT2D eigenvalue weighted by molar-refractivity contribution is 5.76. The highest BCUT2D eigenvalue weighted by Gasteiger charge is 2.35. The van der Waals surface area contributed by atoms with Crippen LogP contribution in [0.1, 0.15) is 70.6 Å². The van der Waals surface area contributed by atoms with E-state index in [0.29, 0.717) is 19.5 Å². The van der Waals surface area contributed by atoms with Crippen LogP contribution in [0.5, 0.6) is 0 Å². The molecule has 2 saturated carbocycles. The highest BCUT2D eigenvalue weighted by atomic mass is 16.3. The molecule has 4 nitrogen and oxygen atoms in total. The number of nitrogens with one attached hydrogen (secondary N) is 1. The van der Waals surface area contributed by atoms with Gasteiger partial charge in [0.15, 0.2) is 0 Å². The molecule has 0 unspecified atom stereocenters. The fraction of sp³-hybridized carbons (Fsp3) is 0.941. The van der Waals surface area contributed by atoms with Crippen molar-refractivity contribution in [1.29, 1.82) is 0 Å². The van der Waals surface area contributed by atoms with Gasteiger partial charge >= 0.3 is 0 Å². The highest BCUT2D eigenvalue weighted by Crippen LogP contribution is 2.39. The molecular formula is C17H32N2O2. The third kappa shape index (κ3) is 4.43. The Bertz CT molecular complexity index is 332. The molecule has 0 bridgehead atoms. The standard InChI is InChI=1S/C17H32N2O2/c18-12-16(7-3-1-4-8-16)11-15(21)19-13-17(14-20)9-5-2-6-10-17/h20H,1-14,18H2,(H,19,21). The quantitative estimate of drug-likeness (QED) is 0.704. The van der Waals surface area contributed by atoms with Crippen LogP contribution < -0.4 is 11.1 Å². The Balaban J connectivity index is 1.83. The number of rotatable bonds is 6. The smallest absolute Gasteiger partial charge is 0.220 e. The number of aliphatic hydroxyl groups is 1. The van der Waals surface area contributed by atoms with Gasteiger partial charge in [0, 0.05) is 18.4 Å². The number of hydrogen-bond donors (Lipinski definition) is 3. The third-order valence-electron chi connectivity index (χ3n) is 5.79. The van der Waals surface area contributed by atoms with Gasteiger partial charge in [0.25, 0.3) is 0 Å². The average molecular weight is 296 g/mol. The average Bonchev–Trinajstić information content (AvgIpc) is 2.55. The molecule has 0 spiro atoms. The second-order valence-corrected chi connectivity index (χ2v) is 7.44. The zero-order valence-corrected chi connectivity index (χ0v) is 13.3. The third-order valence-corrected chi connectivity index (χ3v) is 5.79. The lowest BCUT2D eigenvalue weighted by Gasteiger charge is -2.38. The van der Waals surface area contributed by atoms with Crippen molar-refractivity contribution in [2.75, 3.05) is 19.7 Å². The number of amides is 1. The Hall–Kier alpha value is -0.610. The molecule has 0 atom stereocenters. The van der Waals surface area contributed by atoms with E-state index < -0.39 is 0 Å². The van der Waals surface area contributed by atoms with Crippen molar-refractivity contribution < 1.29 is 9.90 Å². The molecule has 4 heteroatoms. The summed E-state index contributed by atoms with van der Waals surface area (Å²) in [5, 5.41) is 12.8. The number of hydrogen-bond acceptors (Lipinski definition) is 3. The molecular weight excluding hydrogens is 264 g/mol. The molecule has 0 heterocycles. The van der Waals surface area contributed by atoms with Gasteiger partial charge in [-0.25, -0.2) is 0 Å². The molecule has 21 heavy (non-hydrogen) atoms. The Morgan fingerprint density at radius 1 is 0.952 bits per heavy atom. The minimum atomic E-state index is -0.0731. The SMILES string of the molecule is NCC1(CC(=O)NCC2(CO)CCCCC2)CCCCC1. The van der Waals surface area contributed by atoms with Gasteiger partial charge in [-0.1, -0.05) is 38.5 Å². The van der Waals surface area contributed by atoms with Crippen molar-refractivity contribution >= 4 is 5.91 Å². The lowest BCUT2D eigenvalue weighted by atomic mass is 9.71. The second kappa shape index (κ2) is 7.59. The van der Waals surface area contributed by atoms with Crippen molar-refractivity contribution in [3.63, 3.8) is 0 Å². The van der Waals surface area contributed by atoms with Gasteiger partial charge in [0.05, 0.1) is 6.61 Å². The van der Waals surface area contributed by atoms with Crippen LogP contribution in [-0.4, -0.2) is 30.7 Å². The Morgan fingerprint density at radius 3 is 1.95 bits per heavy atom. The van der Waals surface area contributed by atoms with Crippen molar-refractivity contribution in [3.05, 3.63) is 0 Å². The summed E-state index contributed by atoms with van der Waals surface area (Å²) in [6, 6.07) is 0. The number of nitrogens with two attached hydrogens (primary N) is 1. The zero-order valence-electron chi connectivity index (χ0n) is 13.3. The summed E-state index contributed by atoms with van der Waals surface area (Å²) in [4.78, 5) is 12.3. The normalized spacial score (nSPS) is 24.5. The van der Waals surface area contributed by atoms with E-state index >= 15 is 0 Å². The van der Waals surface area contributed by atoms with Crippen LogP contribution in [-0.2, 0) is 4.79 Å². The number of carbonyl (C=O) groups is 1. The van der Waals surface area contributed by atoms with E-state index in [2.05, 4.69) is 5.32 Å². The van der Waals surface area contributed by atoms with Gasteiger partial charge in [0.2, 0.25) is 5.91 Å². The van der Waals surface area contributed by atoms with Gasteiger partial charge in [-0.2, -0.15) is 0 Å². The molecule has 2 aliphatic rings. The van der Waals surface area contributed by atoms with E-state index in [1.54, 1.807) is 0 Å². The van der Waals surface area contributed by atoms with Crippen LogP contribution in [0.25, 0.3) is 0 Å². The molecule has 2 fully saturated rings. The first-order valence-electron chi connectivity index (χ1n) is 8.71. The van der Waals surface area contributed by atoms with Gasteiger partial charge in [-0.15, -0.1) is 0 Å². The van der Waals surface area contributed by atoms with Crippen LogP contribution in [0.15, 0.2) is 0 Å². The van der Waals surface area contributed by atoms with E-state index in [0.717, 1.165) is 25.7 Å². The van der Waals surface area contributed by atoms with E-state index in [9.17, 15) is 9.90 Å². The summed E-state index contributed by atoms with van der Waals surface area (Å²) in [5.74, 6) is 0.126. The Labute approximate surface area is 128 Å². The van der Waals surface area contributed by atoms with E-state index in [-0.39, 0.29) is 23.3 Å². The van der Waals surface area contributed by atoms with Gasteiger partial charge in [-0.3, -0.25) is 4.79 Å². The van der Waals surface area contributed by atoms with Crippen molar-refractivity contribution in [2.45, 2.75) is 70.6 Å². The van der Waals surface area contributed by atoms with Crippen molar-refractivity contribution in [3.8, 4) is 0 Å². The summed E-state index contributed by atoms with van der Waals surface area (Å²) in [7, 11) is 0. The lowest BCUT2D eigenvalue weighted by Crippen LogP contribution is -2.44. The lowest BCUT2D eigenvalue weighted by molar-refractivity contribution is -0.124. The number of aliphatic hydroxyl groups excluding tert-OH is 1. The molecule has 1 amide bonds. The van der Waals surface area contributed by atoms with Crippen LogP contribution in [0, 0.1) is 10.8 Å². The fourth-order valence-electron chi connectivity index (χ4n) is 4.14. The first kappa shape index (κ1) is 16.8. The Kier molecular flexibility index (Phi) is 6.06. The van der Waals surface area contributed by atoms with Crippen LogP contribution in [0.4, 0.5) is 0 Å². The minimum Gasteiger partial charge on any atom is -0.396 e. The van der Waals surface area contributed by atoms with Crippen LogP contribution in [0.3, 0.4) is 0 Å². The maximum Gasteiger partial charge on any atom is 0.220 e. The van der Waals surface area contributed by atoms with Gasteiger partial charge in [0.1, 0.15) is 0 Å². The molecule has 2 rings (SSSR count). The predicted octanol–water partition coefficient (Wildman–Crippen LogP) is 2.34. The monoisotopic (exact) mass is 296 g/mol. The predicted molar refractivity (Wildman–Crippen MR) is 84.8 cm³/mol. The molecule has 0 saturated heterocycles. The van der Waals surface area contributed by atoms with Crippen LogP contribution in [0.2, 0.25) is 0 Å². The summed E-state index contributed by atoms with van der Waals surface area (Å²) in [5.41, 5.74) is 5.91. The van der Waals surface area contributed by atoms with E-state index in [1.807, 2.05) is 0 Å². The molecule has 0 aromatic heterocycles. The second-order valence-electron chi connectivity index (χ2n) is 7.44. The number of carbonyl (C=O) groups excluding carboxylic acids is 1. The molecule has 0 radical (unpaired) electrons. The van der Waals surface area contributed by atoms with E-state index in [1.165, 1.54) is 38.5 Å². The molecule has 0 aromatic rings. The largest absolute Gasteiger partial charge is 0.396 e. The molecule has 4 N–H and O–H groups in total. The van der Waals surface area contributed by atoms with Crippen molar-refractivity contribution in [2.24, 2.45) is 16.6 Å². The zero-order chi connectivity index (χ0) is 15.2. The molecule has 0 aliphatic heterocycles. The van der Waals surface area contributed by atoms with Crippen LogP contribution >= 0.6 is 0 Å². The van der Waals surface area contributed by atoms with Gasteiger partial charge < -0.3 is 16.2 Å². The molecule has 2 aliphatic carbocycles. The summed E-state index contributed by atoms with van der Waals surface area (Å²) < 4.78 is 0. The first-order chi connectivity index (χ1) is 10.1. The van der Waals surface area contributed by atoms with E-state index in [4.69, 9.17) is 5.73 Å². The summed E-state index contributed by atoms with van der Waals surface area (Å²) in [6.45, 7) is 1.43. The van der Waals surface area contributed by atoms with Gasteiger partial charge in [-0.05, 0) is 37.6 Å². The summed E-state index contributed by atoms with van der Waals surface area (Å²) in [6.07, 6.45) is 12.1. The fourth-order valence-corrected chi connectivity index (χ4v) is 4.14. The molecule has 122 valence electrons.